The molecule has 0 fully saturated rings. The summed E-state index contributed by atoms with van der Waals surface area (Å²) in [6, 6.07) is 0. The molecule has 0 aliphatic rings. The Hall–Kier alpha value is -1.85. The van der Waals surface area contributed by atoms with E-state index < -0.39 is 5.91 Å². The second kappa shape index (κ2) is 2.65. The Balaban J connectivity index is 3.22. The van der Waals surface area contributed by atoms with Crippen LogP contribution in [0, 0.1) is 0 Å². The van der Waals surface area contributed by atoms with Crippen LogP contribution < -0.4 is 11.5 Å². The molecule has 0 atom stereocenters. The average molecular weight is 168 g/mol. The number of aromatic nitrogens is 2. The number of carbonyl (C=O) groups excluding carboxylic acids is 2. The summed E-state index contributed by atoms with van der Waals surface area (Å²) in [6.45, 7) is 1.30. The topological polar surface area (TPSA) is 115 Å². The normalized spacial score (nSPS) is 9.75. The number of Topliss-reactive ketones (excluding diaryl/α,β-unsaturated/α-hetero) is 1. The summed E-state index contributed by atoms with van der Waals surface area (Å²) in [5.41, 5.74) is 10.3. The first-order chi connectivity index (χ1) is 5.54. The van der Waals surface area contributed by atoms with Gasteiger partial charge in [-0.1, -0.05) is 0 Å². The summed E-state index contributed by atoms with van der Waals surface area (Å²) in [6.07, 6.45) is 0. The maximum atomic E-state index is 10.8. The Bertz CT molecular complexity index is 310. The molecule has 0 aromatic carbocycles. The monoisotopic (exact) mass is 168 g/mol. The standard InChI is InChI=1S/C6H8N4O2/c1-2(11)4-3(7)5(6(8)12)10-9-4/h7H2,1H3,(H2,8,12)(H,9,10). The largest absolute Gasteiger partial charge is 0.395 e. The van der Waals surface area contributed by atoms with Crippen LogP contribution in [0.5, 0.6) is 0 Å². The van der Waals surface area contributed by atoms with Crippen molar-refractivity contribution in [2.75, 3.05) is 5.73 Å². The molecule has 6 heteroatoms. The number of ketones is 1. The smallest absolute Gasteiger partial charge is 0.268 e. The van der Waals surface area contributed by atoms with Crippen LogP contribution in [0.15, 0.2) is 0 Å². The number of amides is 1. The molecule has 12 heavy (non-hydrogen) atoms. The minimum absolute atomic E-state index is 0.00926. The second-order valence-corrected chi connectivity index (χ2v) is 2.28. The fraction of sp³-hybridized carbons (Fsp3) is 0.167. The van der Waals surface area contributed by atoms with Gasteiger partial charge in [-0.05, 0) is 0 Å². The number of nitrogens with two attached hydrogens (primary N) is 2. The van der Waals surface area contributed by atoms with Crippen molar-refractivity contribution in [2.24, 2.45) is 5.73 Å². The van der Waals surface area contributed by atoms with E-state index in [1.807, 2.05) is 0 Å². The van der Waals surface area contributed by atoms with E-state index in [9.17, 15) is 9.59 Å². The molecule has 0 aliphatic heterocycles. The number of carbonyl (C=O) groups is 2. The summed E-state index contributed by atoms with van der Waals surface area (Å²) in [7, 11) is 0. The molecule has 5 N–H and O–H groups in total. The molecule has 6 nitrogen and oxygen atoms in total. The Kier molecular flexibility index (Phi) is 1.82. The molecule has 0 spiro atoms. The third kappa shape index (κ3) is 1.14. The van der Waals surface area contributed by atoms with Crippen molar-refractivity contribution in [2.45, 2.75) is 6.92 Å². The predicted octanol–water partition coefficient (Wildman–Crippen LogP) is -0.707. The van der Waals surface area contributed by atoms with Crippen molar-refractivity contribution in [3.8, 4) is 0 Å². The molecule has 1 heterocycles. The van der Waals surface area contributed by atoms with Gasteiger partial charge >= 0.3 is 0 Å². The summed E-state index contributed by atoms with van der Waals surface area (Å²) < 4.78 is 0. The maximum Gasteiger partial charge on any atom is 0.268 e. The highest BCUT2D eigenvalue weighted by molar-refractivity contribution is 6.04. The summed E-state index contributed by atoms with van der Waals surface area (Å²) in [5.74, 6) is -1.04. The molecule has 1 rings (SSSR count). The van der Waals surface area contributed by atoms with Crippen molar-refractivity contribution in [3.05, 3.63) is 11.4 Å². The first-order valence-electron chi connectivity index (χ1n) is 3.18. The average Bonchev–Trinajstić information content (AvgIpc) is 2.30. The molecular formula is C6H8N4O2. The Labute approximate surface area is 67.9 Å². The van der Waals surface area contributed by atoms with Gasteiger partial charge in [0, 0.05) is 6.92 Å². The highest BCUT2D eigenvalue weighted by atomic mass is 16.1. The first kappa shape index (κ1) is 8.25. The van der Waals surface area contributed by atoms with Crippen LogP contribution in [-0.4, -0.2) is 21.9 Å². The van der Waals surface area contributed by atoms with Crippen LogP contribution in [0.3, 0.4) is 0 Å². The van der Waals surface area contributed by atoms with Crippen molar-refractivity contribution in [1.82, 2.24) is 10.2 Å². The number of H-pyrrole nitrogens is 1. The third-order valence-electron chi connectivity index (χ3n) is 1.38. The van der Waals surface area contributed by atoms with Gasteiger partial charge in [0.05, 0.1) is 5.69 Å². The van der Waals surface area contributed by atoms with Gasteiger partial charge in [0.2, 0.25) is 0 Å². The van der Waals surface area contributed by atoms with Gasteiger partial charge in [-0.25, -0.2) is 0 Å². The molecule has 1 amide bonds. The number of anilines is 1. The summed E-state index contributed by atoms with van der Waals surface area (Å²) >= 11 is 0. The second-order valence-electron chi connectivity index (χ2n) is 2.28. The number of aromatic amines is 1. The third-order valence-corrected chi connectivity index (χ3v) is 1.38. The van der Waals surface area contributed by atoms with Gasteiger partial charge in [0.15, 0.2) is 11.5 Å². The quantitative estimate of drug-likeness (QED) is 0.506. The Morgan fingerprint density at radius 1 is 1.50 bits per heavy atom. The maximum absolute atomic E-state index is 10.8. The van der Waals surface area contributed by atoms with Crippen LogP contribution in [0.4, 0.5) is 5.69 Å². The fourth-order valence-corrected chi connectivity index (χ4v) is 0.807. The zero-order chi connectivity index (χ0) is 9.30. The van der Waals surface area contributed by atoms with Gasteiger partial charge in [0.25, 0.3) is 5.91 Å². The van der Waals surface area contributed by atoms with Crippen LogP contribution in [0.25, 0.3) is 0 Å². The van der Waals surface area contributed by atoms with Crippen molar-refractivity contribution < 1.29 is 9.59 Å². The fourth-order valence-electron chi connectivity index (χ4n) is 0.807. The lowest BCUT2D eigenvalue weighted by Gasteiger charge is -1.91. The number of hydrogen-bond acceptors (Lipinski definition) is 4. The lowest BCUT2D eigenvalue weighted by molar-refractivity contribution is 0.0993. The van der Waals surface area contributed by atoms with Crippen molar-refractivity contribution in [3.63, 3.8) is 0 Å². The SMILES string of the molecule is CC(=O)c1n[nH]c(C(N)=O)c1N. The number of primary amides is 1. The van der Waals surface area contributed by atoms with Crippen LogP contribution in [0.2, 0.25) is 0 Å². The van der Waals surface area contributed by atoms with Crippen LogP contribution in [-0.2, 0) is 0 Å². The van der Waals surface area contributed by atoms with E-state index in [0.29, 0.717) is 0 Å². The lowest BCUT2D eigenvalue weighted by atomic mass is 10.2. The first-order valence-corrected chi connectivity index (χ1v) is 3.18. The number of rotatable bonds is 2. The van der Waals surface area contributed by atoms with Crippen molar-refractivity contribution >= 4 is 17.4 Å². The van der Waals surface area contributed by atoms with Crippen LogP contribution in [0.1, 0.15) is 27.9 Å². The predicted molar refractivity (Wildman–Crippen MR) is 41.5 cm³/mol. The van der Waals surface area contributed by atoms with Gasteiger partial charge in [-0.2, -0.15) is 5.10 Å². The number of nitrogen functional groups attached to an aromatic ring is 1. The van der Waals surface area contributed by atoms with E-state index in [1.165, 1.54) is 6.92 Å². The lowest BCUT2D eigenvalue weighted by Crippen LogP contribution is -2.13. The minimum Gasteiger partial charge on any atom is -0.395 e. The molecule has 0 aliphatic carbocycles. The van der Waals surface area contributed by atoms with Gasteiger partial charge in [0.1, 0.15) is 5.69 Å². The number of hydrogen-bond donors (Lipinski definition) is 3. The van der Waals surface area contributed by atoms with E-state index in [-0.39, 0.29) is 22.9 Å². The molecule has 1 aromatic heterocycles. The van der Waals surface area contributed by atoms with E-state index in [2.05, 4.69) is 10.2 Å². The molecule has 0 radical (unpaired) electrons. The summed E-state index contributed by atoms with van der Waals surface area (Å²) in [4.78, 5) is 21.4. The molecule has 0 unspecified atom stereocenters. The van der Waals surface area contributed by atoms with E-state index in [0.717, 1.165) is 0 Å². The zero-order valence-corrected chi connectivity index (χ0v) is 6.42. The summed E-state index contributed by atoms with van der Waals surface area (Å²) in [5, 5.41) is 5.82. The molecule has 1 aromatic rings. The molecule has 0 bridgehead atoms. The zero-order valence-electron chi connectivity index (χ0n) is 6.42. The highest BCUT2D eigenvalue weighted by Gasteiger charge is 2.16. The molecule has 64 valence electrons. The molecular weight excluding hydrogens is 160 g/mol. The van der Waals surface area contributed by atoms with Gasteiger partial charge in [-0.3, -0.25) is 14.7 Å². The number of nitrogens with one attached hydrogen (secondary N) is 1. The van der Waals surface area contributed by atoms with Crippen molar-refractivity contribution in [1.29, 1.82) is 0 Å². The number of nitrogens with zero attached hydrogens (tertiary/aromatic N) is 1. The van der Waals surface area contributed by atoms with E-state index in [1.54, 1.807) is 0 Å². The van der Waals surface area contributed by atoms with Gasteiger partial charge in [-0.15, -0.1) is 0 Å². The van der Waals surface area contributed by atoms with Crippen LogP contribution >= 0.6 is 0 Å². The van der Waals surface area contributed by atoms with E-state index >= 15 is 0 Å². The molecule has 0 saturated heterocycles. The highest BCUT2D eigenvalue weighted by Crippen LogP contribution is 2.12. The van der Waals surface area contributed by atoms with Gasteiger partial charge < -0.3 is 11.5 Å². The Morgan fingerprint density at radius 2 is 2.08 bits per heavy atom. The Morgan fingerprint density at radius 3 is 2.33 bits per heavy atom. The minimum atomic E-state index is -0.729. The van der Waals surface area contributed by atoms with E-state index in [4.69, 9.17) is 11.5 Å². The molecule has 0 saturated carbocycles.